The second kappa shape index (κ2) is 5.52. The number of anilines is 2. The molecule has 0 fully saturated rings. The van der Waals surface area contributed by atoms with E-state index in [0.717, 1.165) is 11.3 Å². The number of thiophene rings is 1. The third kappa shape index (κ3) is 3.29. The van der Waals surface area contributed by atoms with Gasteiger partial charge in [-0.25, -0.2) is 8.42 Å². The van der Waals surface area contributed by atoms with Gasteiger partial charge in [-0.05, 0) is 52.7 Å². The topological polar surface area (TPSA) is 72.2 Å². The Morgan fingerprint density at radius 3 is 2.63 bits per heavy atom. The molecule has 1 heterocycles. The Bertz CT molecular complexity index is 696. The van der Waals surface area contributed by atoms with Gasteiger partial charge in [-0.3, -0.25) is 4.72 Å². The zero-order valence-corrected chi connectivity index (χ0v) is 13.4. The lowest BCUT2D eigenvalue weighted by atomic mass is 10.3. The molecule has 0 aliphatic heterocycles. The number of aryl methyl sites for hydroxylation is 1. The Morgan fingerprint density at radius 2 is 2.05 bits per heavy atom. The third-order valence-corrected chi connectivity index (χ3v) is 6.29. The first-order valence-corrected chi connectivity index (χ1v) is 8.68. The predicted octanol–water partition coefficient (Wildman–Crippen LogP) is 3.46. The van der Waals surface area contributed by atoms with E-state index in [1.807, 2.05) is 13.0 Å². The van der Waals surface area contributed by atoms with E-state index in [2.05, 4.69) is 20.7 Å². The van der Waals surface area contributed by atoms with Crippen LogP contribution in [0.15, 0.2) is 39.0 Å². The molecule has 0 aliphatic carbocycles. The Kier molecular flexibility index (Phi) is 4.17. The van der Waals surface area contributed by atoms with Crippen molar-refractivity contribution in [2.45, 2.75) is 17.6 Å². The van der Waals surface area contributed by atoms with Crippen LogP contribution in [0.25, 0.3) is 0 Å². The van der Waals surface area contributed by atoms with Crippen LogP contribution in [0, 0.1) is 0 Å². The number of halogens is 1. The summed E-state index contributed by atoms with van der Waals surface area (Å²) in [4.78, 5) is 1.04. The lowest BCUT2D eigenvalue weighted by Gasteiger charge is -2.07. The number of nitrogens with one attached hydrogen (secondary N) is 1. The van der Waals surface area contributed by atoms with Gasteiger partial charge < -0.3 is 5.73 Å². The van der Waals surface area contributed by atoms with Gasteiger partial charge in [0.25, 0.3) is 10.0 Å². The Balaban J connectivity index is 2.28. The second-order valence-electron chi connectivity index (χ2n) is 3.92. The zero-order valence-electron chi connectivity index (χ0n) is 10.2. The molecule has 3 N–H and O–H groups in total. The van der Waals surface area contributed by atoms with Gasteiger partial charge in [-0.2, -0.15) is 0 Å². The monoisotopic (exact) mass is 360 g/mol. The lowest BCUT2D eigenvalue weighted by Crippen LogP contribution is -2.11. The highest BCUT2D eigenvalue weighted by atomic mass is 79.9. The van der Waals surface area contributed by atoms with Crippen molar-refractivity contribution >= 4 is 48.7 Å². The summed E-state index contributed by atoms with van der Waals surface area (Å²) < 4.78 is 27.9. The van der Waals surface area contributed by atoms with E-state index in [9.17, 15) is 8.42 Å². The molecule has 0 saturated heterocycles. The van der Waals surface area contributed by atoms with Crippen molar-refractivity contribution in [2.75, 3.05) is 10.5 Å². The third-order valence-electron chi connectivity index (χ3n) is 2.50. The van der Waals surface area contributed by atoms with Gasteiger partial charge in [0.15, 0.2) is 0 Å². The number of sulfonamides is 1. The Labute approximate surface area is 124 Å². The summed E-state index contributed by atoms with van der Waals surface area (Å²) in [6, 6.07) is 8.37. The maximum Gasteiger partial charge on any atom is 0.271 e. The molecule has 19 heavy (non-hydrogen) atoms. The van der Waals surface area contributed by atoms with Crippen LogP contribution in [0.1, 0.15) is 11.8 Å². The quantitative estimate of drug-likeness (QED) is 0.820. The van der Waals surface area contributed by atoms with Crippen molar-refractivity contribution in [2.24, 2.45) is 0 Å². The molecule has 1 aromatic carbocycles. The maximum atomic E-state index is 12.2. The predicted molar refractivity (Wildman–Crippen MR) is 83.1 cm³/mol. The first-order chi connectivity index (χ1) is 8.92. The molecule has 0 spiro atoms. The molecule has 0 amide bonds. The number of hydrogen-bond donors (Lipinski definition) is 2. The lowest BCUT2D eigenvalue weighted by molar-refractivity contribution is 0.603. The Hall–Kier alpha value is -1.05. The van der Waals surface area contributed by atoms with Crippen LogP contribution < -0.4 is 10.5 Å². The summed E-state index contributed by atoms with van der Waals surface area (Å²) in [6.45, 7) is 1.99. The van der Waals surface area contributed by atoms with Crippen molar-refractivity contribution in [1.29, 1.82) is 0 Å². The van der Waals surface area contributed by atoms with Crippen LogP contribution in [0.3, 0.4) is 0 Å². The molecule has 2 aromatic rings. The number of hydrogen-bond acceptors (Lipinski definition) is 4. The van der Waals surface area contributed by atoms with Crippen molar-refractivity contribution < 1.29 is 8.42 Å². The molecular weight excluding hydrogens is 348 g/mol. The highest BCUT2D eigenvalue weighted by molar-refractivity contribution is 9.10. The average molecular weight is 361 g/mol. The average Bonchev–Trinajstić information content (AvgIpc) is 2.83. The van der Waals surface area contributed by atoms with Crippen molar-refractivity contribution in [3.63, 3.8) is 0 Å². The summed E-state index contributed by atoms with van der Waals surface area (Å²) in [5.41, 5.74) is 6.70. The fourth-order valence-corrected chi connectivity index (χ4v) is 4.21. The van der Waals surface area contributed by atoms with Gasteiger partial charge in [-0.1, -0.05) is 6.92 Å². The van der Waals surface area contributed by atoms with Crippen LogP contribution in [0.2, 0.25) is 0 Å². The maximum absolute atomic E-state index is 12.2. The van der Waals surface area contributed by atoms with Crippen molar-refractivity contribution in [3.05, 3.63) is 39.7 Å². The standard InChI is InChI=1S/C12H13BrN2O2S2/c1-2-9-4-6-12(18-9)19(16,17)15-8-3-5-11(14)10(13)7-8/h3-7,15H,2,14H2,1H3. The van der Waals surface area contributed by atoms with E-state index in [1.54, 1.807) is 24.3 Å². The molecule has 0 atom stereocenters. The van der Waals surface area contributed by atoms with Gasteiger partial charge in [0.2, 0.25) is 0 Å². The molecule has 4 nitrogen and oxygen atoms in total. The van der Waals surface area contributed by atoms with Gasteiger partial charge in [-0.15, -0.1) is 11.3 Å². The number of nitrogen functional groups attached to an aromatic ring is 1. The molecule has 102 valence electrons. The highest BCUT2D eigenvalue weighted by Crippen LogP contribution is 2.27. The van der Waals surface area contributed by atoms with Crippen LogP contribution >= 0.6 is 27.3 Å². The van der Waals surface area contributed by atoms with Crippen LogP contribution in [0.4, 0.5) is 11.4 Å². The first-order valence-electron chi connectivity index (χ1n) is 5.59. The Morgan fingerprint density at radius 1 is 1.32 bits per heavy atom. The van der Waals surface area contributed by atoms with E-state index in [4.69, 9.17) is 5.73 Å². The van der Waals surface area contributed by atoms with Gasteiger partial charge in [0.05, 0.1) is 5.69 Å². The first kappa shape index (κ1) is 14.4. The van der Waals surface area contributed by atoms with Crippen molar-refractivity contribution in [1.82, 2.24) is 0 Å². The summed E-state index contributed by atoms with van der Waals surface area (Å²) in [5.74, 6) is 0. The van der Waals surface area contributed by atoms with E-state index >= 15 is 0 Å². The summed E-state index contributed by atoms with van der Waals surface area (Å²) in [7, 11) is -3.53. The molecule has 7 heteroatoms. The molecule has 0 radical (unpaired) electrons. The fourth-order valence-electron chi connectivity index (χ4n) is 1.49. The number of nitrogens with two attached hydrogens (primary N) is 1. The van der Waals surface area contributed by atoms with Gasteiger partial charge in [0, 0.05) is 15.0 Å². The molecule has 1 aromatic heterocycles. The van der Waals surface area contributed by atoms with Crippen LogP contribution in [-0.4, -0.2) is 8.42 Å². The number of rotatable bonds is 4. The minimum Gasteiger partial charge on any atom is -0.398 e. The van der Waals surface area contributed by atoms with E-state index < -0.39 is 10.0 Å². The highest BCUT2D eigenvalue weighted by Gasteiger charge is 2.16. The minimum atomic E-state index is -3.53. The smallest absolute Gasteiger partial charge is 0.271 e. The van der Waals surface area contributed by atoms with Crippen LogP contribution in [0.5, 0.6) is 0 Å². The molecule has 2 rings (SSSR count). The zero-order chi connectivity index (χ0) is 14.0. The number of benzene rings is 1. The molecule has 0 unspecified atom stereocenters. The molecule has 0 bridgehead atoms. The van der Waals surface area contributed by atoms with E-state index in [-0.39, 0.29) is 0 Å². The fraction of sp³-hybridized carbons (Fsp3) is 0.167. The van der Waals surface area contributed by atoms with Crippen LogP contribution in [-0.2, 0) is 16.4 Å². The van der Waals surface area contributed by atoms with E-state index in [1.165, 1.54) is 11.3 Å². The summed E-state index contributed by atoms with van der Waals surface area (Å²) >= 11 is 4.55. The SMILES string of the molecule is CCc1ccc(S(=O)(=O)Nc2ccc(N)c(Br)c2)s1. The van der Waals surface area contributed by atoms with Gasteiger partial charge >= 0.3 is 0 Å². The second-order valence-corrected chi connectivity index (χ2v) is 7.85. The molecule has 0 saturated carbocycles. The van der Waals surface area contributed by atoms with Crippen molar-refractivity contribution in [3.8, 4) is 0 Å². The summed E-state index contributed by atoms with van der Waals surface area (Å²) in [5, 5.41) is 0. The summed E-state index contributed by atoms with van der Waals surface area (Å²) in [6.07, 6.45) is 0.827. The molecular formula is C12H13BrN2O2S2. The minimum absolute atomic E-state index is 0.317. The molecule has 0 aliphatic rings. The largest absolute Gasteiger partial charge is 0.398 e. The van der Waals surface area contributed by atoms with Gasteiger partial charge in [0.1, 0.15) is 4.21 Å². The normalized spacial score (nSPS) is 11.5. The van der Waals surface area contributed by atoms with E-state index in [0.29, 0.717) is 20.1 Å².